The van der Waals surface area contributed by atoms with E-state index >= 15 is 0 Å². The van der Waals surface area contributed by atoms with Gasteiger partial charge in [-0.15, -0.1) is 11.6 Å². The fourth-order valence-corrected chi connectivity index (χ4v) is 102. The summed E-state index contributed by atoms with van der Waals surface area (Å²) in [6.45, 7) is 20.0. The molecule has 0 saturated carbocycles. The van der Waals surface area contributed by atoms with E-state index in [1.54, 1.807) is 0 Å². The third-order valence-electron chi connectivity index (χ3n) is 3.93. The van der Waals surface area contributed by atoms with E-state index in [0.717, 1.165) is 0 Å². The average molecular weight is 375 g/mol. The van der Waals surface area contributed by atoms with Gasteiger partial charge in [0.15, 0.2) is 6.26 Å². The SMILES string of the molecule is C[Si](C)(C)C(Cl)[Si]([Si](C)(C)C)([Si](C)(C)C)S(C)(=O)=O. The highest BCUT2D eigenvalue weighted by molar-refractivity contribution is 8.37. The highest BCUT2D eigenvalue weighted by atomic mass is 35.5. The zero-order chi connectivity index (χ0) is 16.1. The molecule has 0 amide bonds. The zero-order valence-electron chi connectivity index (χ0n) is 14.2. The summed E-state index contributed by atoms with van der Waals surface area (Å²) in [5.41, 5.74) is 0. The van der Waals surface area contributed by atoms with Gasteiger partial charge in [0.05, 0.1) is 23.3 Å². The molecule has 8 heteroatoms. The second kappa shape index (κ2) is 5.39. The van der Waals surface area contributed by atoms with Crippen molar-refractivity contribution < 1.29 is 8.42 Å². The van der Waals surface area contributed by atoms with Crippen LogP contribution in [0.15, 0.2) is 0 Å². The molecular formula is C11H31ClO2SSi4. The van der Waals surface area contributed by atoms with Crippen LogP contribution in [0.1, 0.15) is 0 Å². The van der Waals surface area contributed by atoms with Crippen LogP contribution in [0.2, 0.25) is 58.9 Å². The van der Waals surface area contributed by atoms with E-state index in [1.165, 1.54) is 6.26 Å². The van der Waals surface area contributed by atoms with Crippen LogP contribution in [0.4, 0.5) is 0 Å². The minimum absolute atomic E-state index is 0.0756. The molecule has 0 spiro atoms. The van der Waals surface area contributed by atoms with E-state index in [2.05, 4.69) is 58.9 Å². The predicted octanol–water partition coefficient (Wildman–Crippen LogP) is 3.83. The van der Waals surface area contributed by atoms with Crippen LogP contribution in [0.5, 0.6) is 0 Å². The molecule has 0 rings (SSSR count). The van der Waals surface area contributed by atoms with Gasteiger partial charge in [0, 0.05) is 10.9 Å². The summed E-state index contributed by atoms with van der Waals surface area (Å²) in [4.78, 5) is 0. The number of hydrogen-bond donors (Lipinski definition) is 0. The van der Waals surface area contributed by atoms with Crippen LogP contribution in [0.25, 0.3) is 0 Å². The topological polar surface area (TPSA) is 34.1 Å². The Morgan fingerprint density at radius 2 is 1.05 bits per heavy atom. The molecule has 2 nitrogen and oxygen atoms in total. The van der Waals surface area contributed by atoms with Crippen LogP contribution >= 0.6 is 11.6 Å². The summed E-state index contributed by atoms with van der Waals surface area (Å²) in [7, 11) is -8.50. The molecule has 0 heterocycles. The molecule has 0 aromatic heterocycles. The summed E-state index contributed by atoms with van der Waals surface area (Å²) >= 11 is 6.95. The molecule has 1 atom stereocenters. The Balaban J connectivity index is 6.64. The average Bonchev–Trinajstić information content (AvgIpc) is 1.92. The number of alkyl halides is 1. The maximum atomic E-state index is 12.9. The minimum Gasteiger partial charge on any atom is -0.237 e. The Labute approximate surface area is 128 Å². The minimum atomic E-state index is -3.06. The van der Waals surface area contributed by atoms with E-state index in [9.17, 15) is 8.42 Å². The number of hydrogen-bond acceptors (Lipinski definition) is 2. The lowest BCUT2D eigenvalue weighted by Crippen LogP contribution is -2.83. The first-order valence-electron chi connectivity index (χ1n) is 6.74. The lowest BCUT2D eigenvalue weighted by atomic mass is 11.7. The van der Waals surface area contributed by atoms with Gasteiger partial charge in [-0.05, 0) is 0 Å². The van der Waals surface area contributed by atoms with Crippen LogP contribution in [-0.4, -0.2) is 48.8 Å². The fourth-order valence-electron chi connectivity index (χ4n) is 3.80. The van der Waals surface area contributed by atoms with E-state index in [-0.39, 0.29) is 4.62 Å². The Hall–Kier alpha value is 1.11. The second-order valence-electron chi connectivity index (χ2n) is 8.74. The molecule has 0 aromatic rings. The highest BCUT2D eigenvalue weighted by Crippen LogP contribution is 2.41. The molecule has 0 aromatic carbocycles. The van der Waals surface area contributed by atoms with Gasteiger partial charge in [0.1, 0.15) is 9.29 Å². The van der Waals surface area contributed by atoms with Crippen molar-refractivity contribution in [1.29, 1.82) is 0 Å². The standard InChI is InChI=1S/C11H31ClO2SSi4/c1-15(13,14)19(17(5,6)7,18(8,9)10)11(12)16(2,3)4/h11H,1-10H3. The molecule has 0 aliphatic carbocycles. The van der Waals surface area contributed by atoms with E-state index < -0.39 is 38.8 Å². The van der Waals surface area contributed by atoms with Crippen LogP contribution in [-0.2, 0) is 9.29 Å². The first-order chi connectivity index (χ1) is 7.90. The third-order valence-corrected chi connectivity index (χ3v) is 73.0. The van der Waals surface area contributed by atoms with Crippen LogP contribution in [0, 0.1) is 0 Å². The first-order valence-corrected chi connectivity index (χ1v) is 24.4. The van der Waals surface area contributed by atoms with Gasteiger partial charge in [-0.1, -0.05) is 58.9 Å². The van der Waals surface area contributed by atoms with Crippen LogP contribution in [0.3, 0.4) is 0 Å². The Kier molecular flexibility index (Phi) is 5.70. The molecule has 0 radical (unpaired) electrons. The molecule has 0 aliphatic rings. The smallest absolute Gasteiger partial charge is 0.190 e. The molecular weight excluding hydrogens is 344 g/mol. The largest absolute Gasteiger partial charge is 0.237 e. The maximum absolute atomic E-state index is 12.9. The Morgan fingerprint density at radius 1 is 0.789 bits per heavy atom. The quantitative estimate of drug-likeness (QED) is 0.541. The summed E-state index contributed by atoms with van der Waals surface area (Å²) in [5, 5.41) is 0. The van der Waals surface area contributed by atoms with Crippen LogP contribution < -0.4 is 0 Å². The van der Waals surface area contributed by atoms with Gasteiger partial charge in [-0.25, -0.2) is 8.42 Å². The van der Waals surface area contributed by atoms with Gasteiger partial charge >= 0.3 is 0 Å². The highest BCUT2D eigenvalue weighted by Gasteiger charge is 2.68. The second-order valence-corrected chi connectivity index (χ2v) is 49.9. The van der Waals surface area contributed by atoms with E-state index in [1.807, 2.05) is 0 Å². The Morgan fingerprint density at radius 3 is 1.11 bits per heavy atom. The first kappa shape index (κ1) is 20.1. The van der Waals surface area contributed by atoms with Crippen molar-refractivity contribution >= 4 is 50.4 Å². The van der Waals surface area contributed by atoms with Gasteiger partial charge < -0.3 is 0 Å². The van der Waals surface area contributed by atoms with Crippen molar-refractivity contribution in [2.75, 3.05) is 6.26 Å². The summed E-state index contributed by atoms with van der Waals surface area (Å²) in [6.07, 6.45) is -1.08. The van der Waals surface area contributed by atoms with Gasteiger partial charge in [0.2, 0.25) is 0 Å². The van der Waals surface area contributed by atoms with Crippen molar-refractivity contribution in [3.63, 3.8) is 0 Å². The van der Waals surface area contributed by atoms with E-state index in [4.69, 9.17) is 11.6 Å². The number of halogens is 1. The van der Waals surface area contributed by atoms with Crippen molar-refractivity contribution in [1.82, 2.24) is 0 Å². The molecule has 1 unspecified atom stereocenters. The van der Waals surface area contributed by atoms with Crippen molar-refractivity contribution in [3.05, 3.63) is 0 Å². The zero-order valence-corrected chi connectivity index (χ0v) is 19.8. The monoisotopic (exact) mass is 374 g/mol. The molecule has 0 bridgehead atoms. The lowest BCUT2D eigenvalue weighted by Gasteiger charge is -2.53. The molecule has 0 aliphatic heterocycles. The summed E-state index contributed by atoms with van der Waals surface area (Å²) in [6, 6.07) is 0. The maximum Gasteiger partial charge on any atom is 0.190 e. The molecule has 0 saturated heterocycles. The molecule has 0 N–H and O–H groups in total. The summed E-state index contributed by atoms with van der Waals surface area (Å²) < 4.78 is 25.7. The van der Waals surface area contributed by atoms with Crippen molar-refractivity contribution in [2.24, 2.45) is 0 Å². The molecule has 0 fully saturated rings. The summed E-state index contributed by atoms with van der Waals surface area (Å²) in [5.74, 6) is 0. The van der Waals surface area contributed by atoms with Crippen molar-refractivity contribution in [3.8, 4) is 0 Å². The van der Waals surface area contributed by atoms with Gasteiger partial charge in [-0.2, -0.15) is 0 Å². The predicted molar refractivity (Wildman–Crippen MR) is 100 cm³/mol. The number of rotatable bonds is 5. The molecule has 116 valence electrons. The van der Waals surface area contributed by atoms with E-state index in [0.29, 0.717) is 0 Å². The van der Waals surface area contributed by atoms with Gasteiger partial charge in [0.25, 0.3) is 0 Å². The fraction of sp³-hybridized carbons (Fsp3) is 1.00. The molecule has 19 heavy (non-hydrogen) atoms. The Bertz CT molecular complexity index is 415. The third kappa shape index (κ3) is 3.48. The van der Waals surface area contributed by atoms with Gasteiger partial charge in [-0.3, -0.25) is 0 Å². The normalized spacial score (nSPS) is 17.4. The van der Waals surface area contributed by atoms with Crippen molar-refractivity contribution in [2.45, 2.75) is 63.5 Å². The lowest BCUT2D eigenvalue weighted by molar-refractivity contribution is 0.613.